The summed E-state index contributed by atoms with van der Waals surface area (Å²) in [6.07, 6.45) is 5.24. The number of aromatic nitrogens is 2. The summed E-state index contributed by atoms with van der Waals surface area (Å²) >= 11 is 0. The highest BCUT2D eigenvalue weighted by Crippen LogP contribution is 2.28. The van der Waals surface area contributed by atoms with Gasteiger partial charge in [-0.25, -0.2) is 9.97 Å². The normalized spacial score (nSPS) is 25.6. The van der Waals surface area contributed by atoms with Crippen LogP contribution in [0.25, 0.3) is 0 Å². The minimum atomic E-state index is -0.0786. The second-order valence-corrected chi connectivity index (χ2v) is 3.92. The third kappa shape index (κ3) is 2.01. The smallest absolute Gasteiger partial charge is 0.224 e. The molecule has 0 unspecified atom stereocenters. The molecule has 1 saturated carbocycles. The molecule has 0 bridgehead atoms. The summed E-state index contributed by atoms with van der Waals surface area (Å²) < 4.78 is 0. The second-order valence-electron chi connectivity index (χ2n) is 3.92. The molecule has 4 nitrogen and oxygen atoms in total. The van der Waals surface area contributed by atoms with Gasteiger partial charge >= 0.3 is 0 Å². The van der Waals surface area contributed by atoms with E-state index in [4.69, 9.17) is 5.11 Å². The van der Waals surface area contributed by atoms with Gasteiger partial charge < -0.3 is 10.0 Å². The number of aliphatic hydroxyl groups excluding tert-OH is 1. The summed E-state index contributed by atoms with van der Waals surface area (Å²) in [6, 6.07) is 1.81. The summed E-state index contributed by atoms with van der Waals surface area (Å²) in [4.78, 5) is 10.4. The van der Waals surface area contributed by atoms with Gasteiger partial charge in [0, 0.05) is 26.0 Å². The zero-order valence-corrected chi connectivity index (χ0v) is 8.30. The van der Waals surface area contributed by atoms with Crippen molar-refractivity contribution in [1.29, 1.82) is 0 Å². The van der Waals surface area contributed by atoms with Gasteiger partial charge in [-0.1, -0.05) is 0 Å². The predicted molar refractivity (Wildman–Crippen MR) is 54.0 cm³/mol. The van der Waals surface area contributed by atoms with Gasteiger partial charge in [-0.3, -0.25) is 0 Å². The third-order valence-electron chi connectivity index (χ3n) is 2.64. The fraction of sp³-hybridized carbons (Fsp3) is 0.600. The van der Waals surface area contributed by atoms with Crippen molar-refractivity contribution in [2.45, 2.75) is 18.9 Å². The summed E-state index contributed by atoms with van der Waals surface area (Å²) in [5.41, 5.74) is 0. The van der Waals surface area contributed by atoms with Crippen molar-refractivity contribution >= 4 is 5.95 Å². The van der Waals surface area contributed by atoms with Crippen molar-refractivity contribution in [3.8, 4) is 0 Å². The van der Waals surface area contributed by atoms with Crippen LogP contribution in [0.1, 0.15) is 12.8 Å². The highest BCUT2D eigenvalue weighted by atomic mass is 16.3. The molecule has 1 aliphatic carbocycles. The molecule has 1 heterocycles. The number of rotatable bonds is 3. The Bertz CT molecular complexity index is 285. The van der Waals surface area contributed by atoms with Crippen molar-refractivity contribution in [2.24, 2.45) is 5.92 Å². The van der Waals surface area contributed by atoms with Crippen LogP contribution in [0.2, 0.25) is 0 Å². The van der Waals surface area contributed by atoms with Gasteiger partial charge in [-0.2, -0.15) is 0 Å². The molecule has 76 valence electrons. The summed E-state index contributed by atoms with van der Waals surface area (Å²) in [7, 11) is 1.99. The fourth-order valence-corrected chi connectivity index (χ4v) is 1.81. The minimum absolute atomic E-state index is 0.0786. The average Bonchev–Trinajstić information content (AvgIpc) is 2.17. The van der Waals surface area contributed by atoms with E-state index in [0.29, 0.717) is 5.92 Å². The number of hydrogen-bond donors (Lipinski definition) is 1. The van der Waals surface area contributed by atoms with E-state index in [0.717, 1.165) is 25.3 Å². The molecule has 2 rings (SSSR count). The Hall–Kier alpha value is -1.16. The molecule has 4 heteroatoms. The van der Waals surface area contributed by atoms with Crippen molar-refractivity contribution in [2.75, 3.05) is 18.5 Å². The first-order valence-corrected chi connectivity index (χ1v) is 4.92. The molecule has 0 radical (unpaired) electrons. The minimum Gasteiger partial charge on any atom is -0.393 e. The van der Waals surface area contributed by atoms with Crippen molar-refractivity contribution in [3.63, 3.8) is 0 Å². The van der Waals surface area contributed by atoms with E-state index < -0.39 is 0 Å². The van der Waals surface area contributed by atoms with Crippen LogP contribution in [0.15, 0.2) is 18.5 Å². The second kappa shape index (κ2) is 3.92. The highest BCUT2D eigenvalue weighted by molar-refractivity contribution is 5.26. The third-order valence-corrected chi connectivity index (χ3v) is 2.64. The number of anilines is 1. The molecule has 0 saturated heterocycles. The zero-order valence-electron chi connectivity index (χ0n) is 8.30. The summed E-state index contributed by atoms with van der Waals surface area (Å²) in [5, 5.41) is 9.15. The van der Waals surface area contributed by atoms with Gasteiger partial charge in [-0.15, -0.1) is 0 Å². The lowest BCUT2D eigenvalue weighted by Gasteiger charge is -2.34. The zero-order chi connectivity index (χ0) is 9.97. The van der Waals surface area contributed by atoms with Gasteiger partial charge in [0.15, 0.2) is 0 Å². The maximum atomic E-state index is 9.15. The lowest BCUT2D eigenvalue weighted by molar-refractivity contribution is 0.0463. The fourth-order valence-electron chi connectivity index (χ4n) is 1.81. The van der Waals surface area contributed by atoms with E-state index in [2.05, 4.69) is 9.97 Å². The maximum Gasteiger partial charge on any atom is 0.224 e. The van der Waals surface area contributed by atoms with Gasteiger partial charge in [0.1, 0.15) is 0 Å². The van der Waals surface area contributed by atoms with Gasteiger partial charge in [0.2, 0.25) is 5.95 Å². The van der Waals surface area contributed by atoms with Crippen LogP contribution in [0.3, 0.4) is 0 Å². The van der Waals surface area contributed by atoms with E-state index in [1.54, 1.807) is 12.4 Å². The van der Waals surface area contributed by atoms with Crippen molar-refractivity contribution in [3.05, 3.63) is 18.5 Å². The molecule has 0 aromatic carbocycles. The van der Waals surface area contributed by atoms with E-state index >= 15 is 0 Å². The Morgan fingerprint density at radius 1 is 1.43 bits per heavy atom. The first-order chi connectivity index (χ1) is 6.75. The molecule has 0 spiro atoms. The van der Waals surface area contributed by atoms with Crippen LogP contribution in [0.4, 0.5) is 5.95 Å². The molecule has 0 atom stereocenters. The Morgan fingerprint density at radius 2 is 2.07 bits per heavy atom. The van der Waals surface area contributed by atoms with E-state index in [-0.39, 0.29) is 6.10 Å². The van der Waals surface area contributed by atoms with Crippen LogP contribution in [-0.2, 0) is 0 Å². The molecule has 14 heavy (non-hydrogen) atoms. The lowest BCUT2D eigenvalue weighted by Crippen LogP contribution is -2.37. The number of hydrogen-bond acceptors (Lipinski definition) is 4. The van der Waals surface area contributed by atoms with Gasteiger partial charge in [0.05, 0.1) is 6.10 Å². The maximum absolute atomic E-state index is 9.15. The van der Waals surface area contributed by atoms with Gasteiger partial charge in [0.25, 0.3) is 0 Å². The van der Waals surface area contributed by atoms with Crippen LogP contribution in [0.5, 0.6) is 0 Å². The van der Waals surface area contributed by atoms with Crippen LogP contribution in [0, 0.1) is 5.92 Å². The molecule has 0 aliphatic heterocycles. The quantitative estimate of drug-likeness (QED) is 0.767. The van der Waals surface area contributed by atoms with Crippen LogP contribution >= 0.6 is 0 Å². The monoisotopic (exact) mass is 193 g/mol. The van der Waals surface area contributed by atoms with Crippen molar-refractivity contribution < 1.29 is 5.11 Å². The molecule has 1 aromatic heterocycles. The Labute approximate surface area is 83.6 Å². The van der Waals surface area contributed by atoms with Crippen LogP contribution < -0.4 is 4.90 Å². The van der Waals surface area contributed by atoms with E-state index in [1.165, 1.54) is 0 Å². The highest BCUT2D eigenvalue weighted by Gasteiger charge is 2.28. The standard InChI is InChI=1S/C10H15N3O/c1-13(7-8-5-9(14)6-8)10-11-3-2-4-12-10/h2-4,8-9,14H,5-7H2,1H3. The molecular formula is C10H15N3O. The first-order valence-electron chi connectivity index (χ1n) is 4.92. The molecule has 1 N–H and O–H groups in total. The average molecular weight is 193 g/mol. The SMILES string of the molecule is CN(CC1CC(O)C1)c1ncccn1. The molecular weight excluding hydrogens is 178 g/mol. The number of aliphatic hydroxyl groups is 1. The lowest BCUT2D eigenvalue weighted by atomic mass is 9.82. The summed E-state index contributed by atoms with van der Waals surface area (Å²) in [5.74, 6) is 1.35. The van der Waals surface area contributed by atoms with E-state index in [1.807, 2.05) is 18.0 Å². The Balaban J connectivity index is 1.87. The topological polar surface area (TPSA) is 49.2 Å². The van der Waals surface area contributed by atoms with E-state index in [9.17, 15) is 0 Å². The number of nitrogens with zero attached hydrogens (tertiary/aromatic N) is 3. The van der Waals surface area contributed by atoms with Crippen molar-refractivity contribution in [1.82, 2.24) is 9.97 Å². The molecule has 0 amide bonds. The predicted octanol–water partition coefficient (Wildman–Crippen LogP) is 0.684. The molecule has 1 aromatic rings. The molecule has 1 fully saturated rings. The van der Waals surface area contributed by atoms with Gasteiger partial charge in [-0.05, 0) is 24.8 Å². The Morgan fingerprint density at radius 3 is 2.64 bits per heavy atom. The molecule has 1 aliphatic rings. The summed E-state index contributed by atoms with van der Waals surface area (Å²) in [6.45, 7) is 0.932. The first kappa shape index (κ1) is 9.40. The Kier molecular flexibility index (Phi) is 2.63. The van der Waals surface area contributed by atoms with Crippen LogP contribution in [-0.4, -0.2) is 34.8 Å². The largest absolute Gasteiger partial charge is 0.393 e.